The van der Waals surface area contributed by atoms with Gasteiger partial charge >= 0.3 is 6.09 Å². The summed E-state index contributed by atoms with van der Waals surface area (Å²) < 4.78 is 5.44. The van der Waals surface area contributed by atoms with Gasteiger partial charge in [0.15, 0.2) is 0 Å². The number of hydrogen-bond acceptors (Lipinski definition) is 4. The van der Waals surface area contributed by atoms with E-state index < -0.39 is 6.09 Å². The molecule has 0 unspecified atom stereocenters. The summed E-state index contributed by atoms with van der Waals surface area (Å²) in [7, 11) is 0. The van der Waals surface area contributed by atoms with E-state index in [1.807, 2.05) is 48.5 Å². The minimum Gasteiger partial charge on any atom is -0.410 e. The van der Waals surface area contributed by atoms with Crippen molar-refractivity contribution >= 4 is 17.5 Å². The van der Waals surface area contributed by atoms with Crippen molar-refractivity contribution in [1.29, 1.82) is 0 Å². The Morgan fingerprint density at radius 2 is 2.09 bits per heavy atom. The van der Waals surface area contributed by atoms with Crippen molar-refractivity contribution in [1.82, 2.24) is 5.32 Å². The van der Waals surface area contributed by atoms with Crippen LogP contribution in [-0.2, 0) is 5.41 Å². The number of rotatable bonds is 2. The maximum atomic E-state index is 12.0. The van der Waals surface area contributed by atoms with E-state index in [1.165, 1.54) is 5.56 Å². The van der Waals surface area contributed by atoms with E-state index >= 15 is 0 Å². The summed E-state index contributed by atoms with van der Waals surface area (Å²) in [4.78, 5) is 12.0. The lowest BCUT2D eigenvalue weighted by Gasteiger charge is -2.23. The molecule has 0 bridgehead atoms. The molecule has 5 nitrogen and oxygen atoms in total. The van der Waals surface area contributed by atoms with Crippen LogP contribution < -0.4 is 20.7 Å². The minimum absolute atomic E-state index is 0.0462. The molecule has 2 aliphatic rings. The van der Waals surface area contributed by atoms with Crippen LogP contribution in [0.1, 0.15) is 18.9 Å². The number of benzene rings is 2. The van der Waals surface area contributed by atoms with Crippen LogP contribution in [0.5, 0.6) is 5.75 Å². The van der Waals surface area contributed by atoms with Crippen molar-refractivity contribution in [2.75, 3.05) is 17.2 Å². The van der Waals surface area contributed by atoms with Crippen LogP contribution in [0.2, 0.25) is 0 Å². The Morgan fingerprint density at radius 1 is 1.26 bits per heavy atom. The number of carbonyl (C=O) groups is 1. The molecule has 2 aliphatic heterocycles. The summed E-state index contributed by atoms with van der Waals surface area (Å²) in [5.41, 5.74) is 3.08. The molecule has 3 N–H and O–H groups in total. The van der Waals surface area contributed by atoms with Gasteiger partial charge in [0.05, 0.1) is 6.17 Å². The lowest BCUT2D eigenvalue weighted by atomic mass is 9.81. The first-order valence-electron chi connectivity index (χ1n) is 7.83. The standard InChI is InChI=1S/C18H19N3O2/c1-18-9-10-19-16(18)21-15-8-7-13(11-14(15)18)23-17(22)20-12-5-3-2-4-6-12/h2-8,11,16,19,21H,9-10H2,1H3,(H,20,22)/t16-,18+/m0/s1. The molecule has 0 aliphatic carbocycles. The zero-order valence-corrected chi connectivity index (χ0v) is 12.9. The van der Waals surface area contributed by atoms with Crippen LogP contribution in [-0.4, -0.2) is 18.8 Å². The molecular weight excluding hydrogens is 290 g/mol. The number of anilines is 2. The van der Waals surface area contributed by atoms with Gasteiger partial charge in [0.1, 0.15) is 5.75 Å². The Hall–Kier alpha value is -2.53. The lowest BCUT2D eigenvalue weighted by Crippen LogP contribution is -2.38. The highest BCUT2D eigenvalue weighted by molar-refractivity contribution is 5.86. The van der Waals surface area contributed by atoms with Gasteiger partial charge in [-0.25, -0.2) is 4.79 Å². The number of ether oxygens (including phenoxy) is 1. The molecule has 0 radical (unpaired) electrons. The number of nitrogens with one attached hydrogen (secondary N) is 3. The van der Waals surface area contributed by atoms with E-state index in [0.29, 0.717) is 11.4 Å². The average Bonchev–Trinajstić information content (AvgIpc) is 3.03. The minimum atomic E-state index is -0.478. The van der Waals surface area contributed by atoms with Crippen LogP contribution in [0.15, 0.2) is 48.5 Å². The Morgan fingerprint density at radius 3 is 2.91 bits per heavy atom. The Balaban J connectivity index is 1.52. The van der Waals surface area contributed by atoms with Crippen LogP contribution in [0, 0.1) is 0 Å². The third kappa shape index (κ3) is 2.43. The van der Waals surface area contributed by atoms with E-state index in [0.717, 1.165) is 18.7 Å². The van der Waals surface area contributed by atoms with Gasteiger partial charge < -0.3 is 10.1 Å². The molecule has 2 aromatic rings. The number of hydrogen-bond donors (Lipinski definition) is 3. The Kier molecular flexibility index (Phi) is 3.23. The van der Waals surface area contributed by atoms with Gasteiger partial charge in [0.2, 0.25) is 0 Å². The maximum absolute atomic E-state index is 12.0. The summed E-state index contributed by atoms with van der Waals surface area (Å²) in [6.45, 7) is 3.23. The fourth-order valence-corrected chi connectivity index (χ4v) is 3.46. The Bertz CT molecular complexity index is 747. The van der Waals surface area contributed by atoms with Gasteiger partial charge in [-0.05, 0) is 48.9 Å². The molecule has 23 heavy (non-hydrogen) atoms. The average molecular weight is 309 g/mol. The van der Waals surface area contributed by atoms with Crippen molar-refractivity contribution in [2.24, 2.45) is 0 Å². The van der Waals surface area contributed by atoms with E-state index in [4.69, 9.17) is 4.74 Å². The highest BCUT2D eigenvalue weighted by Crippen LogP contribution is 2.46. The van der Waals surface area contributed by atoms with Crippen molar-refractivity contribution < 1.29 is 9.53 Å². The SMILES string of the molecule is C[C@]12CCN[C@H]1Nc1ccc(OC(=O)Nc3ccccc3)cc12. The number of fused-ring (bicyclic) bond motifs is 3. The lowest BCUT2D eigenvalue weighted by molar-refractivity contribution is 0.215. The van der Waals surface area contributed by atoms with Gasteiger partial charge in [-0.1, -0.05) is 25.1 Å². The first-order valence-corrected chi connectivity index (χ1v) is 7.83. The molecule has 1 fully saturated rings. The van der Waals surface area contributed by atoms with E-state index in [1.54, 1.807) is 0 Å². The Labute approximate surface area is 135 Å². The summed E-state index contributed by atoms with van der Waals surface area (Å²) >= 11 is 0. The third-order valence-electron chi connectivity index (χ3n) is 4.77. The molecule has 118 valence electrons. The van der Waals surface area contributed by atoms with Crippen molar-refractivity contribution in [3.05, 3.63) is 54.1 Å². The van der Waals surface area contributed by atoms with Crippen LogP contribution in [0.3, 0.4) is 0 Å². The highest BCUT2D eigenvalue weighted by Gasteiger charge is 2.46. The van der Waals surface area contributed by atoms with Gasteiger partial charge in [-0.15, -0.1) is 0 Å². The zero-order chi connectivity index (χ0) is 15.9. The molecular formula is C18H19N3O2. The summed E-state index contributed by atoms with van der Waals surface area (Å²) in [6, 6.07) is 15.0. The van der Waals surface area contributed by atoms with Crippen LogP contribution >= 0.6 is 0 Å². The molecule has 1 saturated heterocycles. The molecule has 2 heterocycles. The van der Waals surface area contributed by atoms with Gasteiger partial charge in [-0.3, -0.25) is 10.6 Å². The molecule has 4 rings (SSSR count). The number of para-hydroxylation sites is 1. The topological polar surface area (TPSA) is 62.4 Å². The first kappa shape index (κ1) is 14.1. The monoisotopic (exact) mass is 309 g/mol. The van der Waals surface area contributed by atoms with Gasteiger partial charge in [0, 0.05) is 16.8 Å². The van der Waals surface area contributed by atoms with E-state index in [2.05, 4.69) is 22.9 Å². The van der Waals surface area contributed by atoms with Gasteiger partial charge in [0.25, 0.3) is 0 Å². The zero-order valence-electron chi connectivity index (χ0n) is 12.9. The second kappa shape index (κ2) is 5.28. The normalized spacial score (nSPS) is 24.5. The predicted molar refractivity (Wildman–Crippen MR) is 89.9 cm³/mol. The largest absolute Gasteiger partial charge is 0.417 e. The molecule has 1 amide bonds. The molecule has 0 aromatic heterocycles. The highest BCUT2D eigenvalue weighted by atomic mass is 16.6. The fourth-order valence-electron chi connectivity index (χ4n) is 3.46. The smallest absolute Gasteiger partial charge is 0.410 e. The second-order valence-electron chi connectivity index (χ2n) is 6.29. The van der Waals surface area contributed by atoms with E-state index in [9.17, 15) is 4.79 Å². The molecule has 2 atom stereocenters. The van der Waals surface area contributed by atoms with Crippen molar-refractivity contribution in [3.8, 4) is 5.75 Å². The third-order valence-corrected chi connectivity index (χ3v) is 4.77. The van der Waals surface area contributed by atoms with Crippen molar-refractivity contribution in [2.45, 2.75) is 24.9 Å². The van der Waals surface area contributed by atoms with Crippen LogP contribution in [0.4, 0.5) is 16.2 Å². The summed E-state index contributed by atoms with van der Waals surface area (Å²) in [5, 5.41) is 9.68. The molecule has 5 heteroatoms. The molecule has 0 saturated carbocycles. The quantitative estimate of drug-likeness (QED) is 0.796. The predicted octanol–water partition coefficient (Wildman–Crippen LogP) is 3.30. The van der Waals surface area contributed by atoms with E-state index in [-0.39, 0.29) is 11.6 Å². The van der Waals surface area contributed by atoms with Gasteiger partial charge in [-0.2, -0.15) is 0 Å². The molecule has 0 spiro atoms. The summed E-state index contributed by atoms with van der Waals surface area (Å²) in [6.07, 6.45) is 0.844. The number of amides is 1. The molecule has 2 aromatic carbocycles. The first-order chi connectivity index (χ1) is 11.1. The number of carbonyl (C=O) groups excluding carboxylic acids is 1. The van der Waals surface area contributed by atoms with Crippen LogP contribution in [0.25, 0.3) is 0 Å². The fraction of sp³-hybridized carbons (Fsp3) is 0.278. The summed E-state index contributed by atoms with van der Waals surface area (Å²) in [5.74, 6) is 0.563. The van der Waals surface area contributed by atoms with Crippen molar-refractivity contribution in [3.63, 3.8) is 0 Å². The maximum Gasteiger partial charge on any atom is 0.417 e. The second-order valence-corrected chi connectivity index (χ2v) is 6.29.